The van der Waals surface area contributed by atoms with Crippen LogP contribution in [0.1, 0.15) is 31.6 Å². The number of thiophene rings is 1. The molecule has 1 aliphatic heterocycles. The average molecular weight is 417 g/mol. The predicted molar refractivity (Wildman–Crippen MR) is 116 cm³/mol. The summed E-state index contributed by atoms with van der Waals surface area (Å²) in [5.41, 5.74) is 1.07. The first-order valence-electron chi connectivity index (χ1n) is 9.55. The Bertz CT molecular complexity index is 867. The van der Waals surface area contributed by atoms with Gasteiger partial charge in [0.15, 0.2) is 0 Å². The fraction of sp³-hybridized carbons (Fsp3) is 0.364. The normalized spacial score (nSPS) is 15.4. The topological polar surface area (TPSA) is 49.4 Å². The van der Waals surface area contributed by atoms with Crippen molar-refractivity contribution in [2.24, 2.45) is 5.92 Å². The Kier molecular flexibility index (Phi) is 6.92. The quantitative estimate of drug-likeness (QED) is 0.708. The fourth-order valence-electron chi connectivity index (χ4n) is 3.26. The van der Waals surface area contributed by atoms with E-state index < -0.39 is 0 Å². The van der Waals surface area contributed by atoms with Crippen molar-refractivity contribution in [1.29, 1.82) is 0 Å². The molecule has 0 saturated carbocycles. The first-order chi connectivity index (χ1) is 13.4. The molecular weight excluding hydrogens is 392 g/mol. The summed E-state index contributed by atoms with van der Waals surface area (Å²) >= 11 is 7.68. The summed E-state index contributed by atoms with van der Waals surface area (Å²) in [5.74, 6) is 0.109. The molecule has 1 aromatic carbocycles. The van der Waals surface area contributed by atoms with Crippen LogP contribution < -0.4 is 5.32 Å². The van der Waals surface area contributed by atoms with Gasteiger partial charge in [-0.15, -0.1) is 11.3 Å². The maximum atomic E-state index is 12.5. The Morgan fingerprint density at radius 3 is 2.64 bits per heavy atom. The van der Waals surface area contributed by atoms with E-state index in [-0.39, 0.29) is 23.8 Å². The number of hydrogen-bond acceptors (Lipinski definition) is 3. The number of halogens is 1. The van der Waals surface area contributed by atoms with Gasteiger partial charge in [0.25, 0.3) is 0 Å². The van der Waals surface area contributed by atoms with Crippen LogP contribution in [-0.2, 0) is 9.59 Å². The molecule has 1 aromatic heterocycles. The average Bonchev–Trinajstić information content (AvgIpc) is 3.15. The van der Waals surface area contributed by atoms with Crippen LogP contribution in [0.15, 0.2) is 42.5 Å². The highest BCUT2D eigenvalue weighted by molar-refractivity contribution is 7.16. The highest BCUT2D eigenvalue weighted by Gasteiger charge is 2.26. The van der Waals surface area contributed by atoms with E-state index in [1.54, 1.807) is 17.4 Å². The van der Waals surface area contributed by atoms with Gasteiger partial charge in [0.05, 0.1) is 0 Å². The summed E-state index contributed by atoms with van der Waals surface area (Å²) < 4.78 is 0. The van der Waals surface area contributed by atoms with Gasteiger partial charge in [0.2, 0.25) is 11.8 Å². The van der Waals surface area contributed by atoms with Crippen molar-refractivity contribution < 1.29 is 9.59 Å². The molecule has 0 atom stereocenters. The van der Waals surface area contributed by atoms with Crippen molar-refractivity contribution in [3.63, 3.8) is 0 Å². The van der Waals surface area contributed by atoms with Crippen LogP contribution in [-0.4, -0.2) is 35.8 Å². The monoisotopic (exact) mass is 416 g/mol. The minimum Gasteiger partial charge on any atom is -0.354 e. The first-order valence-corrected chi connectivity index (χ1v) is 10.7. The maximum absolute atomic E-state index is 12.5. The van der Waals surface area contributed by atoms with Crippen LogP contribution in [0.4, 0.5) is 0 Å². The number of hydrogen-bond donors (Lipinski definition) is 1. The van der Waals surface area contributed by atoms with Crippen molar-refractivity contribution >= 4 is 40.8 Å². The number of amides is 2. The molecule has 3 rings (SSSR count). The molecule has 6 heteroatoms. The third kappa shape index (κ3) is 5.46. The van der Waals surface area contributed by atoms with Gasteiger partial charge in [-0.05, 0) is 62.6 Å². The van der Waals surface area contributed by atoms with Crippen LogP contribution in [0.3, 0.4) is 0 Å². The molecule has 1 N–H and O–H groups in total. The van der Waals surface area contributed by atoms with E-state index in [1.807, 2.05) is 61.2 Å². The molecule has 0 bridgehead atoms. The van der Waals surface area contributed by atoms with E-state index in [9.17, 15) is 9.59 Å². The number of rotatable bonds is 5. The highest BCUT2D eigenvalue weighted by atomic mass is 35.5. The lowest BCUT2D eigenvalue weighted by atomic mass is 9.95. The molecular formula is C22H25ClN2O2S. The molecule has 28 heavy (non-hydrogen) atoms. The number of likely N-dealkylation sites (tertiary alicyclic amines) is 1. The van der Waals surface area contributed by atoms with Gasteiger partial charge in [-0.2, -0.15) is 0 Å². The molecule has 1 fully saturated rings. The third-order valence-corrected chi connectivity index (χ3v) is 6.07. The van der Waals surface area contributed by atoms with Crippen molar-refractivity contribution in [3.8, 4) is 10.4 Å². The fourth-order valence-corrected chi connectivity index (χ4v) is 4.36. The van der Waals surface area contributed by atoms with E-state index in [2.05, 4.69) is 5.32 Å². The zero-order valence-electron chi connectivity index (χ0n) is 16.2. The summed E-state index contributed by atoms with van der Waals surface area (Å²) in [6, 6.07) is 11.9. The second-order valence-corrected chi connectivity index (χ2v) is 8.86. The van der Waals surface area contributed by atoms with Crippen molar-refractivity contribution in [3.05, 3.63) is 52.4 Å². The summed E-state index contributed by atoms with van der Waals surface area (Å²) in [4.78, 5) is 28.5. The number of benzene rings is 1. The summed E-state index contributed by atoms with van der Waals surface area (Å²) in [5, 5.41) is 3.67. The van der Waals surface area contributed by atoms with Gasteiger partial charge in [0.1, 0.15) is 0 Å². The number of piperidine rings is 1. The summed E-state index contributed by atoms with van der Waals surface area (Å²) in [6.07, 6.45) is 4.92. The van der Waals surface area contributed by atoms with E-state index >= 15 is 0 Å². The first kappa shape index (κ1) is 20.6. The second-order valence-electron chi connectivity index (χ2n) is 7.31. The largest absolute Gasteiger partial charge is 0.354 e. The Labute approximate surface area is 175 Å². The molecule has 0 radical (unpaired) electrons. The standard InChI is InChI=1S/C22H25ClN2O2S/c1-15(2)24-22(27)16-10-12-25(13-11-16)21(26)9-7-19-6-8-20(28-19)17-4-3-5-18(23)14-17/h3-9,14-16H,10-13H2,1-2H3,(H,24,27)/b9-7+. The van der Waals surface area contributed by atoms with Gasteiger partial charge in [-0.3, -0.25) is 9.59 Å². The van der Waals surface area contributed by atoms with Gasteiger partial charge in [0, 0.05) is 45.9 Å². The SMILES string of the molecule is CC(C)NC(=O)C1CCN(C(=O)/C=C/c2ccc(-c3cccc(Cl)c3)s2)CC1. The van der Waals surface area contributed by atoms with Crippen LogP contribution in [0.5, 0.6) is 0 Å². The molecule has 1 aliphatic rings. The Morgan fingerprint density at radius 1 is 1.21 bits per heavy atom. The smallest absolute Gasteiger partial charge is 0.246 e. The minimum absolute atomic E-state index is 0.000392. The van der Waals surface area contributed by atoms with Gasteiger partial charge in [-0.1, -0.05) is 23.7 Å². The lowest BCUT2D eigenvalue weighted by Crippen LogP contribution is -2.43. The highest BCUT2D eigenvalue weighted by Crippen LogP contribution is 2.30. The molecule has 0 aliphatic carbocycles. The zero-order valence-corrected chi connectivity index (χ0v) is 17.7. The van der Waals surface area contributed by atoms with Crippen LogP contribution >= 0.6 is 22.9 Å². The lowest BCUT2D eigenvalue weighted by Gasteiger charge is -2.31. The van der Waals surface area contributed by atoms with Gasteiger partial charge >= 0.3 is 0 Å². The third-order valence-electron chi connectivity index (χ3n) is 4.73. The van der Waals surface area contributed by atoms with E-state index in [1.165, 1.54) is 0 Å². The van der Waals surface area contributed by atoms with Crippen LogP contribution in [0, 0.1) is 5.92 Å². The number of carbonyl (C=O) groups excluding carboxylic acids is 2. The maximum Gasteiger partial charge on any atom is 0.246 e. The Hall–Kier alpha value is -2.11. The molecule has 1 saturated heterocycles. The summed E-state index contributed by atoms with van der Waals surface area (Å²) in [7, 11) is 0. The Morgan fingerprint density at radius 2 is 1.96 bits per heavy atom. The van der Waals surface area contributed by atoms with Crippen LogP contribution in [0.25, 0.3) is 16.5 Å². The summed E-state index contributed by atoms with van der Waals surface area (Å²) in [6.45, 7) is 5.17. The van der Waals surface area contributed by atoms with E-state index in [0.717, 1.165) is 28.2 Å². The van der Waals surface area contributed by atoms with Crippen molar-refractivity contribution in [2.45, 2.75) is 32.7 Å². The molecule has 4 nitrogen and oxygen atoms in total. The molecule has 2 amide bonds. The number of nitrogens with one attached hydrogen (secondary N) is 1. The molecule has 148 valence electrons. The number of carbonyl (C=O) groups is 2. The van der Waals surface area contributed by atoms with Gasteiger partial charge < -0.3 is 10.2 Å². The van der Waals surface area contributed by atoms with Crippen molar-refractivity contribution in [2.75, 3.05) is 13.1 Å². The molecule has 0 unspecified atom stereocenters. The Balaban J connectivity index is 1.54. The molecule has 2 aromatic rings. The van der Waals surface area contributed by atoms with Crippen molar-refractivity contribution in [1.82, 2.24) is 10.2 Å². The molecule has 0 spiro atoms. The van der Waals surface area contributed by atoms with Gasteiger partial charge in [-0.25, -0.2) is 0 Å². The van der Waals surface area contributed by atoms with Crippen LogP contribution in [0.2, 0.25) is 5.02 Å². The molecule has 2 heterocycles. The number of nitrogens with zero attached hydrogens (tertiary/aromatic N) is 1. The predicted octanol–water partition coefficient (Wildman–Crippen LogP) is 4.84. The second kappa shape index (κ2) is 9.39. The zero-order chi connectivity index (χ0) is 20.1. The van der Waals surface area contributed by atoms with E-state index in [4.69, 9.17) is 11.6 Å². The van der Waals surface area contributed by atoms with E-state index in [0.29, 0.717) is 18.1 Å². The minimum atomic E-state index is 0.000392. The lowest BCUT2D eigenvalue weighted by molar-refractivity contribution is -0.132.